The van der Waals surface area contributed by atoms with Crippen molar-refractivity contribution in [2.75, 3.05) is 0 Å². The van der Waals surface area contributed by atoms with Crippen LogP contribution < -0.4 is 0 Å². The topological polar surface area (TPSA) is 0 Å². The Labute approximate surface area is 482 Å². The van der Waals surface area contributed by atoms with Gasteiger partial charge in [0.15, 0.2) is 0 Å². The van der Waals surface area contributed by atoms with Crippen LogP contribution in [0.2, 0.25) is 0 Å². The maximum Gasteiger partial charge on any atom is -0.00139 e. The molecule has 0 heterocycles. The summed E-state index contributed by atoms with van der Waals surface area (Å²) in [5, 5.41) is 0. The zero-order valence-corrected chi connectivity index (χ0v) is 45.5. The van der Waals surface area contributed by atoms with Crippen LogP contribution >= 0.6 is 0 Å². The summed E-state index contributed by atoms with van der Waals surface area (Å²) >= 11 is 0. The predicted octanol–water partition coefficient (Wildman–Crippen LogP) is 21.7. The van der Waals surface area contributed by atoms with Crippen molar-refractivity contribution in [3.63, 3.8) is 0 Å². The van der Waals surface area contributed by atoms with E-state index in [9.17, 15) is 0 Å². The van der Waals surface area contributed by atoms with E-state index in [1.54, 1.807) is 0 Å². The highest BCUT2D eigenvalue weighted by atomic mass is 14.3. The van der Waals surface area contributed by atoms with Gasteiger partial charge in [0.25, 0.3) is 0 Å². The molecule has 0 N–H and O–H groups in total. The highest BCUT2D eigenvalue weighted by Crippen LogP contribution is 2.56. The van der Waals surface area contributed by atoms with Crippen LogP contribution in [0.25, 0.3) is 89.1 Å². The molecule has 0 fully saturated rings. The van der Waals surface area contributed by atoms with Crippen LogP contribution in [-0.4, -0.2) is 0 Å². The summed E-state index contributed by atoms with van der Waals surface area (Å²) in [5.41, 5.74) is 27.8. The van der Waals surface area contributed by atoms with Gasteiger partial charge in [0.05, 0.1) is 0 Å². The minimum atomic E-state index is 1.12. The lowest BCUT2D eigenvalue weighted by Crippen LogP contribution is -2.03. The molecule has 386 valence electrons. The fraction of sp³-hybridized carbons (Fsp3) is 0. The molecule has 13 rings (SSSR count). The average Bonchev–Trinajstić information content (AvgIpc) is 2.04. The number of hydrogen-bond donors (Lipinski definition) is 0. The monoisotopic (exact) mass is 1040 g/mol. The molecule has 0 aliphatic carbocycles. The highest BCUT2D eigenvalue weighted by molar-refractivity contribution is 6.16. The Bertz CT molecular complexity index is 3920. The normalized spacial score (nSPS) is 10.9. The minimum Gasteiger partial charge on any atom is -0.0622 e. The van der Waals surface area contributed by atoms with Gasteiger partial charge in [-0.15, -0.1) is 0 Å². The van der Waals surface area contributed by atoms with Gasteiger partial charge in [-0.1, -0.05) is 352 Å². The first-order valence-corrected chi connectivity index (χ1v) is 28.2. The number of rotatable bonds is 14. The van der Waals surface area contributed by atoms with Crippen LogP contribution in [0.5, 0.6) is 0 Å². The van der Waals surface area contributed by atoms with Gasteiger partial charge in [-0.3, -0.25) is 0 Å². The lowest BCUT2D eigenvalue weighted by atomic mass is 9.74. The Morgan fingerprint density at radius 3 is 0.390 bits per heavy atom. The van der Waals surface area contributed by atoms with Crippen molar-refractivity contribution in [1.29, 1.82) is 0 Å². The maximum absolute atomic E-state index is 2.37. The first-order valence-electron chi connectivity index (χ1n) is 28.2. The molecule has 0 heteroatoms. The molecule has 0 nitrogen and oxygen atoms in total. The molecule has 0 bridgehead atoms. The fourth-order valence-electron chi connectivity index (χ4n) is 12.0. The molecule has 13 aromatic carbocycles. The molecule has 13 aromatic rings. The van der Waals surface area contributed by atoms with Crippen LogP contribution in [0, 0.1) is 0 Å². The highest BCUT2D eigenvalue weighted by Gasteiger charge is 2.30. The van der Waals surface area contributed by atoms with Crippen LogP contribution in [0.4, 0.5) is 0 Å². The summed E-state index contributed by atoms with van der Waals surface area (Å²) in [7, 11) is 0. The quantitative estimate of drug-likeness (QED) is 0.0952. The van der Waals surface area contributed by atoms with Crippen LogP contribution in [0.15, 0.2) is 352 Å². The van der Waals surface area contributed by atoms with Crippen LogP contribution in [0.3, 0.4) is 0 Å². The Balaban J connectivity index is 1.15. The van der Waals surface area contributed by atoms with Crippen molar-refractivity contribution in [1.82, 2.24) is 0 Å². The Hall–Kier alpha value is -10.7. The Morgan fingerprint density at radius 1 is 0.110 bits per heavy atom. The molecule has 0 aliphatic rings. The molecule has 0 aliphatic heterocycles. The second-order valence-corrected chi connectivity index (χ2v) is 20.6. The Kier molecular flexibility index (Phi) is 14.7. The molecule has 0 spiro atoms. The van der Waals surface area contributed by atoms with Crippen molar-refractivity contribution < 1.29 is 0 Å². The van der Waals surface area contributed by atoms with Crippen molar-refractivity contribution in [2.45, 2.75) is 0 Å². The third kappa shape index (κ3) is 10.3. The van der Waals surface area contributed by atoms with Gasteiger partial charge in [0, 0.05) is 0 Å². The third-order valence-corrected chi connectivity index (χ3v) is 15.5. The largest absolute Gasteiger partial charge is 0.0622 e. The third-order valence-electron chi connectivity index (χ3n) is 15.5. The second kappa shape index (κ2) is 23.7. The molecule has 0 radical (unpaired) electrons. The molecule has 0 unspecified atom stereocenters. The van der Waals surface area contributed by atoms with Crippen LogP contribution in [0.1, 0.15) is 44.5 Å². The van der Waals surface area contributed by atoms with E-state index in [0.717, 1.165) is 89.0 Å². The van der Waals surface area contributed by atoms with Gasteiger partial charge in [-0.25, -0.2) is 0 Å². The van der Waals surface area contributed by atoms with E-state index in [4.69, 9.17) is 0 Å². The van der Waals surface area contributed by atoms with Crippen molar-refractivity contribution in [3.05, 3.63) is 396 Å². The van der Waals surface area contributed by atoms with E-state index in [2.05, 4.69) is 352 Å². The average molecular weight is 1040 g/mol. The molecule has 0 saturated carbocycles. The first-order chi connectivity index (χ1) is 40.8. The second-order valence-electron chi connectivity index (χ2n) is 20.6. The Morgan fingerprint density at radius 2 is 0.232 bits per heavy atom. The summed E-state index contributed by atoms with van der Waals surface area (Å²) in [6.45, 7) is 0. The van der Waals surface area contributed by atoms with Gasteiger partial charge in [-0.2, -0.15) is 0 Å². The van der Waals surface area contributed by atoms with E-state index in [1.807, 2.05) is 0 Å². The zero-order chi connectivity index (χ0) is 54.9. The van der Waals surface area contributed by atoms with E-state index in [-0.39, 0.29) is 0 Å². The van der Waals surface area contributed by atoms with Crippen molar-refractivity contribution in [2.24, 2.45) is 0 Å². The van der Waals surface area contributed by atoms with Gasteiger partial charge in [0.2, 0.25) is 0 Å². The summed E-state index contributed by atoms with van der Waals surface area (Å²) in [6.07, 6.45) is 0. The molecule has 82 heavy (non-hydrogen) atoms. The van der Waals surface area contributed by atoms with E-state index in [0.29, 0.717) is 0 Å². The van der Waals surface area contributed by atoms with Gasteiger partial charge in [0.1, 0.15) is 0 Å². The molecule has 0 saturated heterocycles. The zero-order valence-electron chi connectivity index (χ0n) is 45.5. The van der Waals surface area contributed by atoms with Crippen LogP contribution in [-0.2, 0) is 0 Å². The summed E-state index contributed by atoms with van der Waals surface area (Å²) in [6, 6.07) is 128. The van der Waals surface area contributed by atoms with Gasteiger partial charge < -0.3 is 0 Å². The molecule has 0 aromatic heterocycles. The lowest BCUT2D eigenvalue weighted by Gasteiger charge is -2.29. The smallest absolute Gasteiger partial charge is 0.00139 e. The first kappa shape index (κ1) is 50.8. The molecular weight excluding hydrogens is 985 g/mol. The molecule has 0 atom stereocenters. The summed E-state index contributed by atoms with van der Waals surface area (Å²) in [4.78, 5) is 0. The van der Waals surface area contributed by atoms with Crippen molar-refractivity contribution in [3.8, 4) is 66.8 Å². The van der Waals surface area contributed by atoms with E-state index < -0.39 is 0 Å². The number of benzene rings is 13. The van der Waals surface area contributed by atoms with Crippen molar-refractivity contribution >= 4 is 22.3 Å². The molecular formula is C82H58. The SMILES string of the molecule is c1ccc(C(=C(c2ccccc2)c2ccc(-c3c(-c4ccccc4)c(-c4ccccc4)c(-c4ccccc4)c(-c4ccccc4)c3-c3ccc(C(=C(c4ccccc4)c4ccccc4)c4ccccc4)cc3)cc2)c2ccccc2)cc1. The fourth-order valence-corrected chi connectivity index (χ4v) is 12.0. The summed E-state index contributed by atoms with van der Waals surface area (Å²) < 4.78 is 0. The minimum absolute atomic E-state index is 1.12. The molecule has 0 amide bonds. The standard InChI is InChI=1S/C82H58/c1-11-31-59(32-12-1)73(60-33-13-2-14-34-60)75(63-39-19-5-20-40-63)69-51-55-71(56-52-69)81-79(67-47-27-9-28-48-67)77(65-43-23-7-24-44-65)78(66-45-25-8-26-46-66)80(68-49-29-10-30-50-68)82(81)72-57-53-70(54-58-72)76(64-41-21-6-22-42-64)74(61-35-15-3-16-36-61)62-37-17-4-18-38-62/h1-58H. The van der Waals surface area contributed by atoms with Gasteiger partial charge in [-0.05, 0) is 134 Å². The number of hydrogen-bond acceptors (Lipinski definition) is 0. The van der Waals surface area contributed by atoms with E-state index in [1.165, 1.54) is 44.5 Å². The summed E-state index contributed by atoms with van der Waals surface area (Å²) in [5.74, 6) is 0. The van der Waals surface area contributed by atoms with E-state index >= 15 is 0 Å². The lowest BCUT2D eigenvalue weighted by molar-refractivity contribution is 1.48. The maximum atomic E-state index is 2.37. The van der Waals surface area contributed by atoms with Gasteiger partial charge >= 0.3 is 0 Å². The predicted molar refractivity (Wildman–Crippen MR) is 348 cm³/mol.